The van der Waals surface area contributed by atoms with Crippen LogP contribution in [0.5, 0.6) is 0 Å². The topological polar surface area (TPSA) is 29.3 Å². The zero-order chi connectivity index (χ0) is 11.6. The van der Waals surface area contributed by atoms with Crippen molar-refractivity contribution in [3.63, 3.8) is 0 Å². The third-order valence-corrected chi connectivity index (χ3v) is 4.38. The van der Waals surface area contributed by atoms with E-state index >= 15 is 0 Å². The number of rotatable bonds is 4. The number of likely N-dealkylation sites (tertiary alicyclic amines) is 1. The molecule has 1 aliphatic carbocycles. The van der Waals surface area contributed by atoms with Crippen molar-refractivity contribution in [1.82, 2.24) is 4.90 Å². The predicted octanol–water partition coefficient (Wildman–Crippen LogP) is 2.71. The van der Waals surface area contributed by atoms with E-state index in [0.717, 1.165) is 12.5 Å². The Morgan fingerprint density at radius 2 is 2.12 bits per heavy atom. The van der Waals surface area contributed by atoms with E-state index in [-0.39, 0.29) is 0 Å². The first-order valence-corrected chi connectivity index (χ1v) is 7.05. The van der Waals surface area contributed by atoms with Crippen molar-refractivity contribution in [3.05, 3.63) is 0 Å². The molecule has 92 valence electrons. The van der Waals surface area contributed by atoms with Gasteiger partial charge in [-0.05, 0) is 44.6 Å². The van der Waals surface area contributed by atoms with Gasteiger partial charge < -0.3 is 10.6 Å². The van der Waals surface area contributed by atoms with Crippen molar-refractivity contribution in [1.29, 1.82) is 0 Å². The van der Waals surface area contributed by atoms with Crippen LogP contribution in [0.2, 0.25) is 0 Å². The summed E-state index contributed by atoms with van der Waals surface area (Å²) in [5.41, 5.74) is 6.16. The molecule has 1 atom stereocenters. The maximum absolute atomic E-state index is 5.70. The fraction of sp³-hybridized carbons (Fsp3) is 0.923. The van der Waals surface area contributed by atoms with Crippen LogP contribution in [0.3, 0.4) is 0 Å². The van der Waals surface area contributed by atoms with Gasteiger partial charge in [-0.1, -0.05) is 25.1 Å². The zero-order valence-electron chi connectivity index (χ0n) is 10.4. The molecule has 2 rings (SSSR count). The maximum atomic E-state index is 5.70. The van der Waals surface area contributed by atoms with Gasteiger partial charge in [0, 0.05) is 19.0 Å². The Kier molecular flexibility index (Phi) is 3.85. The lowest BCUT2D eigenvalue weighted by Crippen LogP contribution is -2.38. The Morgan fingerprint density at radius 3 is 2.75 bits per heavy atom. The summed E-state index contributed by atoms with van der Waals surface area (Å²) in [6, 6.07) is 0.756. The van der Waals surface area contributed by atoms with Crippen LogP contribution in [0.4, 0.5) is 0 Å². The Labute approximate surface area is 105 Å². The molecule has 0 bridgehead atoms. The summed E-state index contributed by atoms with van der Waals surface area (Å²) in [4.78, 5) is 3.39. The first kappa shape index (κ1) is 12.3. The number of hydrogen-bond donors (Lipinski definition) is 1. The summed E-state index contributed by atoms with van der Waals surface area (Å²) in [6.45, 7) is 4.88. The average molecular weight is 240 g/mol. The van der Waals surface area contributed by atoms with Crippen LogP contribution in [0, 0.1) is 5.41 Å². The minimum absolute atomic E-state index is 0.463. The van der Waals surface area contributed by atoms with Crippen LogP contribution >= 0.6 is 12.2 Å². The normalized spacial score (nSPS) is 29.7. The van der Waals surface area contributed by atoms with Crippen molar-refractivity contribution in [3.8, 4) is 0 Å². The number of hydrogen-bond acceptors (Lipinski definition) is 2. The van der Waals surface area contributed by atoms with Crippen molar-refractivity contribution in [2.45, 2.75) is 57.9 Å². The number of nitrogens with zero attached hydrogens (tertiary/aromatic N) is 1. The van der Waals surface area contributed by atoms with E-state index in [1.165, 1.54) is 51.6 Å². The van der Waals surface area contributed by atoms with Crippen LogP contribution in [0.15, 0.2) is 0 Å². The minimum Gasteiger partial charge on any atom is -0.393 e. The maximum Gasteiger partial charge on any atom is 0.0733 e. The Balaban J connectivity index is 1.89. The van der Waals surface area contributed by atoms with E-state index in [4.69, 9.17) is 18.0 Å². The molecule has 1 aliphatic heterocycles. The molecule has 2 fully saturated rings. The van der Waals surface area contributed by atoms with Gasteiger partial charge in [0.15, 0.2) is 0 Å². The van der Waals surface area contributed by atoms with Gasteiger partial charge in [-0.3, -0.25) is 0 Å². The predicted molar refractivity (Wildman–Crippen MR) is 72.6 cm³/mol. The molecule has 1 saturated heterocycles. The van der Waals surface area contributed by atoms with Crippen LogP contribution in [-0.2, 0) is 0 Å². The molecule has 2 aliphatic rings. The van der Waals surface area contributed by atoms with Crippen molar-refractivity contribution in [2.75, 3.05) is 13.1 Å². The quantitative estimate of drug-likeness (QED) is 0.766. The molecule has 2 N–H and O–H groups in total. The highest BCUT2D eigenvalue weighted by Crippen LogP contribution is 2.49. The molecule has 0 spiro atoms. The Hall–Kier alpha value is -0.150. The van der Waals surface area contributed by atoms with Crippen LogP contribution in [0.1, 0.15) is 51.9 Å². The third kappa shape index (κ3) is 3.17. The second kappa shape index (κ2) is 5.01. The van der Waals surface area contributed by atoms with Gasteiger partial charge >= 0.3 is 0 Å². The number of nitrogens with two attached hydrogens (primary N) is 1. The molecule has 0 radical (unpaired) electrons. The van der Waals surface area contributed by atoms with Crippen LogP contribution in [0.25, 0.3) is 0 Å². The summed E-state index contributed by atoms with van der Waals surface area (Å²) in [5.74, 6) is 0. The molecule has 0 amide bonds. The molecular weight excluding hydrogens is 216 g/mol. The van der Waals surface area contributed by atoms with Gasteiger partial charge in [-0.25, -0.2) is 0 Å². The molecule has 2 nitrogen and oxygen atoms in total. The second-order valence-electron chi connectivity index (χ2n) is 5.81. The summed E-state index contributed by atoms with van der Waals surface area (Å²) < 4.78 is 0. The molecule has 0 aromatic heterocycles. The molecule has 0 aromatic rings. The first-order chi connectivity index (χ1) is 7.61. The third-order valence-electron chi connectivity index (χ3n) is 4.24. The Morgan fingerprint density at radius 1 is 1.38 bits per heavy atom. The van der Waals surface area contributed by atoms with E-state index in [9.17, 15) is 0 Å². The van der Waals surface area contributed by atoms with Gasteiger partial charge in [0.2, 0.25) is 0 Å². The largest absolute Gasteiger partial charge is 0.393 e. The molecule has 16 heavy (non-hydrogen) atoms. The summed E-state index contributed by atoms with van der Waals surface area (Å²) >= 11 is 5.07. The minimum atomic E-state index is 0.463. The molecule has 1 heterocycles. The van der Waals surface area contributed by atoms with Gasteiger partial charge in [0.1, 0.15) is 0 Å². The SMILES string of the molecule is CC1CCCCCN1CC1(CC(N)=S)CC1. The standard InChI is InChI=1S/C13H24N2S/c1-11-5-3-2-4-8-15(11)10-13(6-7-13)9-12(14)16/h11H,2-10H2,1H3,(H2,14,16). The fourth-order valence-corrected chi connectivity index (χ4v) is 3.24. The van der Waals surface area contributed by atoms with Crippen molar-refractivity contribution < 1.29 is 0 Å². The van der Waals surface area contributed by atoms with E-state index < -0.39 is 0 Å². The van der Waals surface area contributed by atoms with E-state index in [1.54, 1.807) is 0 Å². The Bertz CT molecular complexity index is 261. The highest BCUT2D eigenvalue weighted by molar-refractivity contribution is 7.80. The molecule has 1 unspecified atom stereocenters. The molecular formula is C13H24N2S. The lowest BCUT2D eigenvalue weighted by molar-refractivity contribution is 0.173. The lowest BCUT2D eigenvalue weighted by Gasteiger charge is -2.31. The van der Waals surface area contributed by atoms with Crippen LogP contribution < -0.4 is 5.73 Å². The van der Waals surface area contributed by atoms with E-state index in [2.05, 4.69) is 11.8 Å². The first-order valence-electron chi connectivity index (χ1n) is 6.64. The highest BCUT2D eigenvalue weighted by Gasteiger charge is 2.44. The monoisotopic (exact) mass is 240 g/mol. The van der Waals surface area contributed by atoms with Crippen molar-refractivity contribution in [2.24, 2.45) is 11.1 Å². The summed E-state index contributed by atoms with van der Waals surface area (Å²) in [6.07, 6.45) is 9.16. The zero-order valence-corrected chi connectivity index (χ0v) is 11.2. The smallest absolute Gasteiger partial charge is 0.0733 e. The van der Waals surface area contributed by atoms with Gasteiger partial charge in [-0.15, -0.1) is 0 Å². The van der Waals surface area contributed by atoms with Gasteiger partial charge in [-0.2, -0.15) is 0 Å². The van der Waals surface area contributed by atoms with Crippen molar-refractivity contribution >= 4 is 17.2 Å². The molecule has 3 heteroatoms. The van der Waals surface area contributed by atoms with Crippen LogP contribution in [-0.4, -0.2) is 29.0 Å². The number of thiocarbonyl (C=S) groups is 1. The van der Waals surface area contributed by atoms with E-state index in [1.807, 2.05) is 0 Å². The van der Waals surface area contributed by atoms with Gasteiger partial charge in [0.25, 0.3) is 0 Å². The average Bonchev–Trinajstić information content (AvgIpc) is 2.95. The lowest BCUT2D eigenvalue weighted by atomic mass is 10.0. The summed E-state index contributed by atoms with van der Waals surface area (Å²) in [5, 5.41) is 0. The summed E-state index contributed by atoms with van der Waals surface area (Å²) in [7, 11) is 0. The molecule has 1 saturated carbocycles. The fourth-order valence-electron chi connectivity index (χ4n) is 2.94. The van der Waals surface area contributed by atoms with E-state index in [0.29, 0.717) is 10.4 Å². The molecule has 0 aromatic carbocycles. The highest BCUT2D eigenvalue weighted by atomic mass is 32.1. The second-order valence-corrected chi connectivity index (χ2v) is 6.34. The van der Waals surface area contributed by atoms with Gasteiger partial charge in [0.05, 0.1) is 4.99 Å².